The fourth-order valence-corrected chi connectivity index (χ4v) is 0.793. The number of rotatable bonds is 2. The van der Waals surface area contributed by atoms with E-state index in [4.69, 9.17) is 5.26 Å². The van der Waals surface area contributed by atoms with Gasteiger partial charge in [0.2, 0.25) is 0 Å². The van der Waals surface area contributed by atoms with Gasteiger partial charge < -0.3 is 0 Å². The molecule has 0 bridgehead atoms. The molecule has 1 aromatic heterocycles. The molecular formula is C8H7FN2. The fraction of sp³-hybridized carbons (Fsp3) is 0.250. The van der Waals surface area contributed by atoms with Crippen LogP contribution in [0.1, 0.15) is 12.0 Å². The molecule has 1 rings (SSSR count). The summed E-state index contributed by atoms with van der Waals surface area (Å²) in [6, 6.07) is 3.38. The Morgan fingerprint density at radius 2 is 2.36 bits per heavy atom. The van der Waals surface area contributed by atoms with Gasteiger partial charge in [-0.3, -0.25) is 4.98 Å². The van der Waals surface area contributed by atoms with E-state index in [0.29, 0.717) is 12.8 Å². The third kappa shape index (κ3) is 2.34. The molecule has 0 saturated heterocycles. The third-order valence-electron chi connectivity index (χ3n) is 1.29. The van der Waals surface area contributed by atoms with Gasteiger partial charge in [0.15, 0.2) is 0 Å². The lowest BCUT2D eigenvalue weighted by Crippen LogP contribution is -1.86. The smallest absolute Gasteiger partial charge is 0.141 e. The molecule has 0 saturated carbocycles. The van der Waals surface area contributed by atoms with Crippen LogP contribution in [0.2, 0.25) is 0 Å². The molecule has 0 atom stereocenters. The first-order valence-corrected chi connectivity index (χ1v) is 3.29. The van der Waals surface area contributed by atoms with Gasteiger partial charge in [-0.05, 0) is 18.1 Å². The van der Waals surface area contributed by atoms with E-state index < -0.39 is 0 Å². The Hall–Kier alpha value is -1.43. The van der Waals surface area contributed by atoms with Crippen LogP contribution in [-0.2, 0) is 6.42 Å². The predicted molar refractivity (Wildman–Crippen MR) is 38.1 cm³/mol. The molecular weight excluding hydrogens is 143 g/mol. The molecule has 0 radical (unpaired) electrons. The molecule has 0 fully saturated rings. The van der Waals surface area contributed by atoms with Crippen molar-refractivity contribution in [1.29, 1.82) is 5.26 Å². The average Bonchev–Trinajstić information content (AvgIpc) is 2.01. The van der Waals surface area contributed by atoms with E-state index in [-0.39, 0.29) is 5.82 Å². The molecule has 0 spiro atoms. The molecule has 0 N–H and O–H groups in total. The van der Waals surface area contributed by atoms with Crippen molar-refractivity contribution in [2.24, 2.45) is 0 Å². The second-order valence-electron chi connectivity index (χ2n) is 2.17. The molecule has 11 heavy (non-hydrogen) atoms. The first-order valence-electron chi connectivity index (χ1n) is 3.29. The zero-order valence-electron chi connectivity index (χ0n) is 5.92. The summed E-state index contributed by atoms with van der Waals surface area (Å²) in [5.41, 5.74) is 0.770. The fourth-order valence-electron chi connectivity index (χ4n) is 0.793. The summed E-state index contributed by atoms with van der Waals surface area (Å²) >= 11 is 0. The minimum absolute atomic E-state index is 0.347. The standard InChI is InChI=1S/C8H7FN2/c9-8-4-7(2-1-3-10)5-11-6-8/h4-6H,1-2H2. The van der Waals surface area contributed by atoms with Crippen LogP contribution in [0.25, 0.3) is 0 Å². The SMILES string of the molecule is N#CCCc1cncc(F)c1. The monoisotopic (exact) mass is 150 g/mol. The molecule has 1 heterocycles. The molecule has 0 aliphatic carbocycles. The summed E-state index contributed by atoms with van der Waals surface area (Å²) in [7, 11) is 0. The van der Waals surface area contributed by atoms with Crippen molar-refractivity contribution >= 4 is 0 Å². The van der Waals surface area contributed by atoms with Crippen molar-refractivity contribution in [3.63, 3.8) is 0 Å². The second kappa shape index (κ2) is 3.67. The molecule has 3 heteroatoms. The minimum Gasteiger partial charge on any atom is -0.261 e. The van der Waals surface area contributed by atoms with E-state index in [1.54, 1.807) is 6.20 Å². The van der Waals surface area contributed by atoms with Gasteiger partial charge in [0.25, 0.3) is 0 Å². The summed E-state index contributed by atoms with van der Waals surface area (Å²) in [5, 5.41) is 8.23. The minimum atomic E-state index is -0.347. The zero-order chi connectivity index (χ0) is 8.10. The lowest BCUT2D eigenvalue weighted by molar-refractivity contribution is 0.618. The van der Waals surface area contributed by atoms with Crippen LogP contribution >= 0.6 is 0 Å². The van der Waals surface area contributed by atoms with Crippen molar-refractivity contribution in [2.45, 2.75) is 12.8 Å². The molecule has 0 aromatic carbocycles. The summed E-state index contributed by atoms with van der Waals surface area (Å²) in [5.74, 6) is -0.347. The number of nitriles is 1. The number of nitrogens with zero attached hydrogens (tertiary/aromatic N) is 2. The van der Waals surface area contributed by atoms with Crippen molar-refractivity contribution < 1.29 is 4.39 Å². The number of hydrogen-bond donors (Lipinski definition) is 0. The maximum atomic E-state index is 12.4. The van der Waals surface area contributed by atoms with Gasteiger partial charge in [-0.25, -0.2) is 4.39 Å². The number of aromatic nitrogens is 1. The van der Waals surface area contributed by atoms with E-state index in [1.165, 1.54) is 6.07 Å². The van der Waals surface area contributed by atoms with Crippen LogP contribution in [0.4, 0.5) is 4.39 Å². The van der Waals surface area contributed by atoms with Crippen LogP contribution in [-0.4, -0.2) is 4.98 Å². The highest BCUT2D eigenvalue weighted by atomic mass is 19.1. The van der Waals surface area contributed by atoms with Crippen molar-refractivity contribution in [3.8, 4) is 6.07 Å². The first-order chi connectivity index (χ1) is 5.33. The van der Waals surface area contributed by atoms with Crippen LogP contribution < -0.4 is 0 Å². The Bertz CT molecular complexity index is 278. The molecule has 0 aliphatic rings. The Morgan fingerprint density at radius 3 is 3.00 bits per heavy atom. The molecule has 0 amide bonds. The van der Waals surface area contributed by atoms with E-state index in [9.17, 15) is 4.39 Å². The van der Waals surface area contributed by atoms with Gasteiger partial charge in [0.1, 0.15) is 5.82 Å². The average molecular weight is 150 g/mol. The van der Waals surface area contributed by atoms with Crippen LogP contribution in [0.15, 0.2) is 18.5 Å². The first kappa shape index (κ1) is 7.67. The normalized spacial score (nSPS) is 9.09. The largest absolute Gasteiger partial charge is 0.261 e. The number of hydrogen-bond acceptors (Lipinski definition) is 2. The Balaban J connectivity index is 2.65. The van der Waals surface area contributed by atoms with E-state index in [2.05, 4.69) is 4.98 Å². The summed E-state index contributed by atoms with van der Waals surface area (Å²) in [6.07, 6.45) is 3.70. The second-order valence-corrected chi connectivity index (χ2v) is 2.17. The van der Waals surface area contributed by atoms with Gasteiger partial charge in [-0.1, -0.05) is 0 Å². The molecule has 0 aliphatic heterocycles. The number of aryl methyl sites for hydroxylation is 1. The van der Waals surface area contributed by atoms with Crippen LogP contribution in [0, 0.1) is 17.1 Å². The Kier molecular flexibility index (Phi) is 2.56. The molecule has 56 valence electrons. The lowest BCUT2D eigenvalue weighted by Gasteiger charge is -1.94. The maximum absolute atomic E-state index is 12.4. The Morgan fingerprint density at radius 1 is 1.55 bits per heavy atom. The number of halogens is 1. The zero-order valence-corrected chi connectivity index (χ0v) is 5.92. The highest BCUT2D eigenvalue weighted by Gasteiger charge is 1.94. The van der Waals surface area contributed by atoms with Gasteiger partial charge in [0, 0.05) is 12.6 Å². The quantitative estimate of drug-likeness (QED) is 0.643. The van der Waals surface area contributed by atoms with Crippen molar-refractivity contribution in [1.82, 2.24) is 4.98 Å². The summed E-state index contributed by atoms with van der Waals surface area (Å²) in [4.78, 5) is 3.65. The number of pyridine rings is 1. The van der Waals surface area contributed by atoms with Crippen molar-refractivity contribution in [3.05, 3.63) is 29.8 Å². The van der Waals surface area contributed by atoms with E-state index in [1.807, 2.05) is 6.07 Å². The predicted octanol–water partition coefficient (Wildman–Crippen LogP) is 1.68. The highest BCUT2D eigenvalue weighted by molar-refractivity contribution is 5.10. The third-order valence-corrected chi connectivity index (χ3v) is 1.29. The van der Waals surface area contributed by atoms with E-state index >= 15 is 0 Å². The topological polar surface area (TPSA) is 36.7 Å². The van der Waals surface area contributed by atoms with Gasteiger partial charge in [-0.15, -0.1) is 0 Å². The molecule has 0 unspecified atom stereocenters. The maximum Gasteiger partial charge on any atom is 0.141 e. The lowest BCUT2D eigenvalue weighted by atomic mass is 10.2. The highest BCUT2D eigenvalue weighted by Crippen LogP contribution is 2.02. The van der Waals surface area contributed by atoms with Crippen LogP contribution in [0.5, 0.6) is 0 Å². The summed E-state index contributed by atoms with van der Waals surface area (Å²) < 4.78 is 12.4. The molecule has 2 nitrogen and oxygen atoms in total. The molecule has 1 aromatic rings. The van der Waals surface area contributed by atoms with Gasteiger partial charge >= 0.3 is 0 Å². The van der Waals surface area contributed by atoms with Crippen molar-refractivity contribution in [2.75, 3.05) is 0 Å². The Labute approximate surface area is 64.3 Å². The van der Waals surface area contributed by atoms with Crippen LogP contribution in [0.3, 0.4) is 0 Å². The van der Waals surface area contributed by atoms with Gasteiger partial charge in [0.05, 0.1) is 12.3 Å². The summed E-state index contributed by atoms with van der Waals surface area (Å²) in [6.45, 7) is 0. The van der Waals surface area contributed by atoms with E-state index in [0.717, 1.165) is 11.8 Å². The van der Waals surface area contributed by atoms with Gasteiger partial charge in [-0.2, -0.15) is 5.26 Å².